The summed E-state index contributed by atoms with van der Waals surface area (Å²) >= 11 is 5.89. The number of carbonyl (C=O) groups is 2. The van der Waals surface area contributed by atoms with E-state index in [1.165, 1.54) is 32.3 Å². The van der Waals surface area contributed by atoms with Crippen molar-refractivity contribution >= 4 is 39.2 Å². The number of carbonyl (C=O) groups excluding carboxylic acids is 2. The minimum Gasteiger partial charge on any atom is -0.492 e. The first-order chi connectivity index (χ1) is 14.5. The van der Waals surface area contributed by atoms with Crippen molar-refractivity contribution in [1.29, 1.82) is 0 Å². The molecule has 2 rings (SSSR count). The highest BCUT2D eigenvalue weighted by atomic mass is 35.5. The highest BCUT2D eigenvalue weighted by molar-refractivity contribution is 7.89. The number of urea groups is 1. The van der Waals surface area contributed by atoms with E-state index in [0.717, 1.165) is 4.31 Å². The van der Waals surface area contributed by atoms with Crippen molar-refractivity contribution in [2.45, 2.75) is 24.3 Å². The second-order valence-corrected chi connectivity index (χ2v) is 9.30. The summed E-state index contributed by atoms with van der Waals surface area (Å²) in [5.41, 5.74) is 6.14. The molecule has 0 spiro atoms. The van der Waals surface area contributed by atoms with Gasteiger partial charge in [-0.2, -0.15) is 0 Å². The summed E-state index contributed by atoms with van der Waals surface area (Å²) in [6.07, 6.45) is -0.131. The first-order valence-corrected chi connectivity index (χ1v) is 11.2. The zero-order valence-corrected chi connectivity index (χ0v) is 19.0. The summed E-state index contributed by atoms with van der Waals surface area (Å²) < 4.78 is 31.8. The molecule has 0 heterocycles. The number of nitrogens with zero attached hydrogens (tertiary/aromatic N) is 1. The number of rotatable bonds is 9. The van der Waals surface area contributed by atoms with E-state index in [9.17, 15) is 18.0 Å². The molecule has 0 aromatic heterocycles. The Morgan fingerprint density at radius 3 is 2.35 bits per heavy atom. The number of nitrogens with two attached hydrogens (primary N) is 1. The average molecular weight is 469 g/mol. The summed E-state index contributed by atoms with van der Waals surface area (Å²) in [4.78, 5) is 23.9. The van der Waals surface area contributed by atoms with Crippen LogP contribution in [0.1, 0.15) is 24.9 Å². The number of nitrogens with one attached hydrogen (secondary N) is 2. The molecule has 11 heteroatoms. The van der Waals surface area contributed by atoms with Crippen molar-refractivity contribution in [3.63, 3.8) is 0 Å². The second-order valence-electron chi connectivity index (χ2n) is 6.75. The third kappa shape index (κ3) is 6.58. The van der Waals surface area contributed by atoms with Gasteiger partial charge < -0.3 is 21.1 Å². The highest BCUT2D eigenvalue weighted by Gasteiger charge is 2.24. The lowest BCUT2D eigenvalue weighted by Crippen LogP contribution is -2.35. The largest absolute Gasteiger partial charge is 0.492 e. The van der Waals surface area contributed by atoms with Crippen LogP contribution in [0.25, 0.3) is 0 Å². The van der Waals surface area contributed by atoms with E-state index >= 15 is 0 Å². The average Bonchev–Trinajstić information content (AvgIpc) is 2.68. The summed E-state index contributed by atoms with van der Waals surface area (Å²) in [6.45, 7) is 2.02. The third-order valence-electron chi connectivity index (χ3n) is 4.26. The van der Waals surface area contributed by atoms with Crippen molar-refractivity contribution < 1.29 is 22.7 Å². The van der Waals surface area contributed by atoms with Gasteiger partial charge in [0.2, 0.25) is 15.9 Å². The molecule has 0 fully saturated rings. The zero-order valence-electron chi connectivity index (χ0n) is 17.4. The highest BCUT2D eigenvalue weighted by Crippen LogP contribution is 2.29. The molecule has 0 saturated carbocycles. The molecule has 0 unspecified atom stereocenters. The Kier molecular flexibility index (Phi) is 8.26. The molecular weight excluding hydrogens is 444 g/mol. The molecule has 2 aromatic rings. The fraction of sp³-hybridized carbons (Fsp3) is 0.300. The molecule has 0 bridgehead atoms. The smallest absolute Gasteiger partial charge is 0.312 e. The second kappa shape index (κ2) is 10.5. The Bertz CT molecular complexity index is 1040. The van der Waals surface area contributed by atoms with E-state index < -0.39 is 28.0 Å². The van der Waals surface area contributed by atoms with Crippen LogP contribution >= 0.6 is 11.6 Å². The molecule has 2 aromatic carbocycles. The van der Waals surface area contributed by atoms with Crippen LogP contribution in [0.4, 0.5) is 10.5 Å². The molecule has 0 aliphatic heterocycles. The molecule has 3 amide bonds. The van der Waals surface area contributed by atoms with Gasteiger partial charge in [0.05, 0.1) is 19.1 Å². The topological polar surface area (TPSA) is 131 Å². The van der Waals surface area contributed by atoms with Crippen molar-refractivity contribution in [2.24, 2.45) is 5.73 Å². The predicted molar refractivity (Wildman–Crippen MR) is 119 cm³/mol. The number of hydrogen-bond donors (Lipinski definition) is 3. The monoisotopic (exact) mass is 468 g/mol. The molecule has 0 aliphatic carbocycles. The van der Waals surface area contributed by atoms with Gasteiger partial charge in [-0.3, -0.25) is 4.79 Å². The summed E-state index contributed by atoms with van der Waals surface area (Å²) in [5, 5.41) is 5.68. The number of sulfonamides is 1. The standard InChI is InChI=1S/C20H25ClN4O5S/c1-4-30-17-10-9-15(11-18(17)31(28,29)25(2)3)23-19(26)12-16(24-20(22)27)13-5-7-14(21)8-6-13/h5-11,16H,4,12H2,1-3H3,(H,23,26)(H3,22,24,27)/t16-/m0/s1. The van der Waals surface area contributed by atoms with Gasteiger partial charge in [-0.15, -0.1) is 0 Å². The lowest BCUT2D eigenvalue weighted by Gasteiger charge is -2.19. The van der Waals surface area contributed by atoms with Crippen LogP contribution in [0.5, 0.6) is 5.75 Å². The zero-order chi connectivity index (χ0) is 23.2. The molecular formula is C20H25ClN4O5S. The van der Waals surface area contributed by atoms with Crippen LogP contribution in [0, 0.1) is 0 Å². The number of anilines is 1. The van der Waals surface area contributed by atoms with Gasteiger partial charge in [0.25, 0.3) is 0 Å². The van der Waals surface area contributed by atoms with Crippen molar-refractivity contribution in [3.05, 3.63) is 53.1 Å². The fourth-order valence-corrected chi connectivity index (χ4v) is 3.95. The Labute approximate surface area is 186 Å². The Hall–Kier alpha value is -2.82. The maximum Gasteiger partial charge on any atom is 0.312 e. The van der Waals surface area contributed by atoms with Crippen LogP contribution in [0.15, 0.2) is 47.4 Å². The summed E-state index contributed by atoms with van der Waals surface area (Å²) in [7, 11) is -0.992. The van der Waals surface area contributed by atoms with Crippen LogP contribution in [0.2, 0.25) is 5.02 Å². The van der Waals surface area contributed by atoms with E-state index in [0.29, 0.717) is 10.6 Å². The third-order valence-corrected chi connectivity index (χ3v) is 6.35. The van der Waals surface area contributed by atoms with Crippen LogP contribution < -0.4 is 21.1 Å². The van der Waals surface area contributed by atoms with E-state index in [1.54, 1.807) is 31.2 Å². The summed E-state index contributed by atoms with van der Waals surface area (Å²) in [6, 6.07) is 9.49. The van der Waals surface area contributed by atoms with Crippen LogP contribution in [-0.2, 0) is 14.8 Å². The number of amides is 3. The molecule has 0 radical (unpaired) electrons. The maximum atomic E-state index is 12.6. The molecule has 1 atom stereocenters. The number of halogens is 1. The van der Waals surface area contributed by atoms with Crippen LogP contribution in [0.3, 0.4) is 0 Å². The van der Waals surface area contributed by atoms with Crippen molar-refractivity contribution in [2.75, 3.05) is 26.0 Å². The van der Waals surface area contributed by atoms with Gasteiger partial charge in [0.1, 0.15) is 10.6 Å². The Balaban J connectivity index is 2.26. The van der Waals surface area contributed by atoms with Gasteiger partial charge in [0, 0.05) is 24.8 Å². The Morgan fingerprint density at radius 1 is 1.16 bits per heavy atom. The SMILES string of the molecule is CCOc1ccc(NC(=O)C[C@H](NC(N)=O)c2ccc(Cl)cc2)cc1S(=O)(=O)N(C)C. The van der Waals surface area contributed by atoms with Crippen molar-refractivity contribution in [1.82, 2.24) is 9.62 Å². The van der Waals surface area contributed by atoms with E-state index in [-0.39, 0.29) is 29.4 Å². The van der Waals surface area contributed by atoms with Crippen LogP contribution in [-0.4, -0.2) is 45.4 Å². The van der Waals surface area contributed by atoms with Crippen molar-refractivity contribution in [3.8, 4) is 5.75 Å². The lowest BCUT2D eigenvalue weighted by molar-refractivity contribution is -0.116. The number of ether oxygens (including phenoxy) is 1. The van der Waals surface area contributed by atoms with Gasteiger partial charge in [-0.1, -0.05) is 23.7 Å². The lowest BCUT2D eigenvalue weighted by atomic mass is 10.0. The first kappa shape index (κ1) is 24.4. The fourth-order valence-electron chi connectivity index (χ4n) is 2.78. The maximum absolute atomic E-state index is 12.6. The minimum atomic E-state index is -3.80. The van der Waals surface area contributed by atoms with Gasteiger partial charge in [-0.05, 0) is 42.8 Å². The number of primary amides is 1. The van der Waals surface area contributed by atoms with E-state index in [2.05, 4.69) is 10.6 Å². The molecule has 31 heavy (non-hydrogen) atoms. The van der Waals surface area contributed by atoms with Gasteiger partial charge in [-0.25, -0.2) is 17.5 Å². The summed E-state index contributed by atoms with van der Waals surface area (Å²) in [5.74, 6) is -0.269. The molecule has 0 aliphatic rings. The van der Waals surface area contributed by atoms with Gasteiger partial charge in [0.15, 0.2) is 0 Å². The minimum absolute atomic E-state index is 0.0679. The Morgan fingerprint density at radius 2 is 1.81 bits per heavy atom. The normalized spacial score (nSPS) is 12.3. The molecule has 9 nitrogen and oxygen atoms in total. The predicted octanol–water partition coefficient (Wildman–Crippen LogP) is 2.73. The number of hydrogen-bond acceptors (Lipinski definition) is 5. The molecule has 0 saturated heterocycles. The van der Waals surface area contributed by atoms with Gasteiger partial charge >= 0.3 is 6.03 Å². The molecule has 4 N–H and O–H groups in total. The quantitative estimate of drug-likeness (QED) is 0.520. The van der Waals surface area contributed by atoms with E-state index in [1.807, 2.05) is 0 Å². The van der Waals surface area contributed by atoms with E-state index in [4.69, 9.17) is 22.1 Å². The number of benzene rings is 2. The molecule has 168 valence electrons. The first-order valence-electron chi connectivity index (χ1n) is 9.35.